The smallest absolute Gasteiger partial charge is 0.161 e. The zero-order valence-corrected chi connectivity index (χ0v) is 10.1. The first-order valence-corrected chi connectivity index (χ1v) is 5.88. The lowest BCUT2D eigenvalue weighted by molar-refractivity contribution is 0.144. The van der Waals surface area contributed by atoms with Crippen LogP contribution in [0.5, 0.6) is 11.5 Å². The van der Waals surface area contributed by atoms with Crippen molar-refractivity contribution in [3.05, 3.63) is 23.8 Å². The van der Waals surface area contributed by atoms with Gasteiger partial charge in [-0.3, -0.25) is 0 Å². The predicted octanol–water partition coefficient (Wildman–Crippen LogP) is 1.32. The van der Waals surface area contributed by atoms with E-state index in [1.807, 2.05) is 19.1 Å². The Balaban J connectivity index is 2.67. The molecule has 1 aromatic carbocycles. The molecule has 0 saturated carbocycles. The van der Waals surface area contributed by atoms with Gasteiger partial charge in [0.05, 0.1) is 6.61 Å². The second-order valence-corrected chi connectivity index (χ2v) is 3.97. The molecule has 0 aliphatic rings. The minimum absolute atomic E-state index is 0.0393. The predicted molar refractivity (Wildman–Crippen MR) is 65.3 cm³/mol. The molecule has 4 nitrogen and oxygen atoms in total. The summed E-state index contributed by atoms with van der Waals surface area (Å²) in [5, 5.41) is 27.9. The molecule has 1 rings (SSSR count). The van der Waals surface area contributed by atoms with Crippen LogP contribution in [0.1, 0.15) is 18.9 Å². The molecule has 4 heteroatoms. The number of hydrogen-bond acceptors (Lipinski definition) is 4. The SMILES string of the molecule is CCOc1cccc(CCC(CO)CO)c1O. The van der Waals surface area contributed by atoms with Crippen LogP contribution in [-0.2, 0) is 6.42 Å². The van der Waals surface area contributed by atoms with Crippen LogP contribution in [0.4, 0.5) is 0 Å². The van der Waals surface area contributed by atoms with Gasteiger partial charge in [-0.2, -0.15) is 0 Å². The number of phenols is 1. The summed E-state index contributed by atoms with van der Waals surface area (Å²) in [5.41, 5.74) is 0.780. The van der Waals surface area contributed by atoms with Gasteiger partial charge in [-0.15, -0.1) is 0 Å². The van der Waals surface area contributed by atoms with Gasteiger partial charge in [0.25, 0.3) is 0 Å². The van der Waals surface area contributed by atoms with Crippen molar-refractivity contribution in [1.29, 1.82) is 0 Å². The normalized spacial score (nSPS) is 10.8. The molecule has 0 heterocycles. The zero-order valence-electron chi connectivity index (χ0n) is 10.1. The molecule has 3 N–H and O–H groups in total. The lowest BCUT2D eigenvalue weighted by Gasteiger charge is -2.13. The van der Waals surface area contributed by atoms with Crippen molar-refractivity contribution in [2.24, 2.45) is 5.92 Å². The minimum Gasteiger partial charge on any atom is -0.504 e. The fourth-order valence-electron chi connectivity index (χ4n) is 1.64. The maximum atomic E-state index is 9.93. The van der Waals surface area contributed by atoms with Crippen LogP contribution in [0.3, 0.4) is 0 Å². The highest BCUT2D eigenvalue weighted by Crippen LogP contribution is 2.31. The molecule has 0 bridgehead atoms. The van der Waals surface area contributed by atoms with Gasteiger partial charge in [0.2, 0.25) is 0 Å². The van der Waals surface area contributed by atoms with E-state index >= 15 is 0 Å². The summed E-state index contributed by atoms with van der Waals surface area (Å²) in [4.78, 5) is 0. The van der Waals surface area contributed by atoms with Crippen LogP contribution in [0.25, 0.3) is 0 Å². The van der Waals surface area contributed by atoms with E-state index in [2.05, 4.69) is 0 Å². The molecule has 0 radical (unpaired) electrons. The van der Waals surface area contributed by atoms with Gasteiger partial charge in [0.1, 0.15) is 0 Å². The van der Waals surface area contributed by atoms with Crippen LogP contribution < -0.4 is 4.74 Å². The third kappa shape index (κ3) is 3.91. The van der Waals surface area contributed by atoms with Crippen LogP contribution in [0.2, 0.25) is 0 Å². The average molecular weight is 240 g/mol. The summed E-state index contributed by atoms with van der Waals surface area (Å²) >= 11 is 0. The Labute approximate surface area is 101 Å². The molecular weight excluding hydrogens is 220 g/mol. The molecule has 0 aromatic heterocycles. The van der Waals surface area contributed by atoms with Gasteiger partial charge >= 0.3 is 0 Å². The topological polar surface area (TPSA) is 69.9 Å². The van der Waals surface area contributed by atoms with E-state index in [0.29, 0.717) is 25.2 Å². The van der Waals surface area contributed by atoms with Crippen molar-refractivity contribution >= 4 is 0 Å². The Morgan fingerprint density at radius 3 is 2.53 bits per heavy atom. The lowest BCUT2D eigenvalue weighted by Crippen LogP contribution is -2.12. The fourth-order valence-corrected chi connectivity index (χ4v) is 1.64. The molecule has 96 valence electrons. The third-order valence-electron chi connectivity index (χ3n) is 2.72. The number of phenolic OH excluding ortho intramolecular Hbond substituents is 1. The lowest BCUT2D eigenvalue weighted by atomic mass is 10.00. The van der Waals surface area contributed by atoms with E-state index in [1.54, 1.807) is 6.07 Å². The van der Waals surface area contributed by atoms with Crippen LogP contribution in [0.15, 0.2) is 18.2 Å². The molecule has 0 atom stereocenters. The highest BCUT2D eigenvalue weighted by atomic mass is 16.5. The quantitative estimate of drug-likeness (QED) is 0.672. The molecule has 0 unspecified atom stereocenters. The Morgan fingerprint density at radius 2 is 1.94 bits per heavy atom. The number of ether oxygens (including phenoxy) is 1. The number of aliphatic hydroxyl groups excluding tert-OH is 2. The average Bonchev–Trinajstić information content (AvgIpc) is 2.35. The van der Waals surface area contributed by atoms with Crippen molar-refractivity contribution < 1.29 is 20.1 Å². The summed E-state index contributed by atoms with van der Waals surface area (Å²) < 4.78 is 5.29. The monoisotopic (exact) mass is 240 g/mol. The first kappa shape index (κ1) is 13.8. The van der Waals surface area contributed by atoms with Gasteiger partial charge < -0.3 is 20.1 Å². The van der Waals surface area contributed by atoms with Crippen molar-refractivity contribution in [2.75, 3.05) is 19.8 Å². The number of aliphatic hydroxyl groups is 2. The first-order chi connectivity index (χ1) is 8.22. The second kappa shape index (κ2) is 7.14. The molecule has 0 aliphatic heterocycles. The summed E-state index contributed by atoms with van der Waals surface area (Å²) in [6.45, 7) is 2.29. The molecule has 0 saturated heterocycles. The molecule has 0 aliphatic carbocycles. The molecule has 0 amide bonds. The highest BCUT2D eigenvalue weighted by molar-refractivity contribution is 5.45. The molecular formula is C13H20O4. The minimum atomic E-state index is -0.134. The van der Waals surface area contributed by atoms with Crippen molar-refractivity contribution in [2.45, 2.75) is 19.8 Å². The second-order valence-electron chi connectivity index (χ2n) is 3.97. The van der Waals surface area contributed by atoms with Crippen LogP contribution in [0, 0.1) is 5.92 Å². The van der Waals surface area contributed by atoms with Crippen LogP contribution in [-0.4, -0.2) is 35.1 Å². The number of hydrogen-bond donors (Lipinski definition) is 3. The summed E-state index contributed by atoms with van der Waals surface area (Å²) in [6.07, 6.45) is 1.24. The van der Waals surface area contributed by atoms with Crippen molar-refractivity contribution in [1.82, 2.24) is 0 Å². The molecule has 1 aromatic rings. The van der Waals surface area contributed by atoms with Gasteiger partial charge in [-0.25, -0.2) is 0 Å². The van der Waals surface area contributed by atoms with E-state index in [-0.39, 0.29) is 24.9 Å². The zero-order chi connectivity index (χ0) is 12.7. The first-order valence-electron chi connectivity index (χ1n) is 5.88. The highest BCUT2D eigenvalue weighted by Gasteiger charge is 2.11. The number of rotatable bonds is 7. The van der Waals surface area contributed by atoms with E-state index in [9.17, 15) is 5.11 Å². The van der Waals surface area contributed by atoms with E-state index in [0.717, 1.165) is 5.56 Å². The van der Waals surface area contributed by atoms with Gasteiger partial charge in [-0.05, 0) is 31.4 Å². The van der Waals surface area contributed by atoms with Crippen molar-refractivity contribution in [3.8, 4) is 11.5 Å². The largest absolute Gasteiger partial charge is 0.504 e. The molecule has 0 spiro atoms. The number of aryl methyl sites for hydroxylation is 1. The maximum absolute atomic E-state index is 9.93. The van der Waals surface area contributed by atoms with E-state index < -0.39 is 0 Å². The Morgan fingerprint density at radius 1 is 1.24 bits per heavy atom. The van der Waals surface area contributed by atoms with Gasteiger partial charge in [-0.1, -0.05) is 12.1 Å². The van der Waals surface area contributed by atoms with Crippen molar-refractivity contribution in [3.63, 3.8) is 0 Å². The Bertz CT molecular complexity index is 334. The summed E-state index contributed by atoms with van der Waals surface area (Å²) in [7, 11) is 0. The Hall–Kier alpha value is -1.26. The van der Waals surface area contributed by atoms with E-state index in [1.165, 1.54) is 0 Å². The maximum Gasteiger partial charge on any atom is 0.161 e. The van der Waals surface area contributed by atoms with Crippen LogP contribution >= 0.6 is 0 Å². The standard InChI is InChI=1S/C13H20O4/c1-2-17-12-5-3-4-11(13(12)16)7-6-10(8-14)9-15/h3-5,10,14-16H,2,6-9H2,1H3. The van der Waals surface area contributed by atoms with Gasteiger partial charge in [0, 0.05) is 19.1 Å². The number of aromatic hydroxyl groups is 1. The molecule has 17 heavy (non-hydrogen) atoms. The van der Waals surface area contributed by atoms with E-state index in [4.69, 9.17) is 14.9 Å². The molecule has 0 fully saturated rings. The number of para-hydroxylation sites is 1. The van der Waals surface area contributed by atoms with Gasteiger partial charge in [0.15, 0.2) is 11.5 Å². The third-order valence-corrected chi connectivity index (χ3v) is 2.72. The Kier molecular flexibility index (Phi) is 5.80. The fraction of sp³-hybridized carbons (Fsp3) is 0.538. The summed E-state index contributed by atoms with van der Waals surface area (Å²) in [6, 6.07) is 5.37. The number of benzene rings is 1. The summed E-state index contributed by atoms with van der Waals surface area (Å²) in [5.74, 6) is 0.503.